The molecule has 140 valence electrons. The molecule has 0 saturated carbocycles. The van der Waals surface area contributed by atoms with Crippen molar-refractivity contribution in [2.75, 3.05) is 13.4 Å². The third kappa shape index (κ3) is 4.43. The van der Waals surface area contributed by atoms with Gasteiger partial charge in [-0.15, -0.1) is 0 Å². The number of oxazole rings is 1. The molecule has 0 aliphatic rings. The van der Waals surface area contributed by atoms with E-state index in [1.807, 2.05) is 30.3 Å². The second-order valence-electron chi connectivity index (χ2n) is 6.02. The van der Waals surface area contributed by atoms with Gasteiger partial charge < -0.3 is 9.15 Å². The van der Waals surface area contributed by atoms with E-state index >= 15 is 0 Å². The first-order valence-electron chi connectivity index (χ1n) is 8.31. The summed E-state index contributed by atoms with van der Waals surface area (Å²) in [6.07, 6.45) is 1.64. The maximum absolute atomic E-state index is 11.7. The Morgan fingerprint density at radius 2 is 1.70 bits per heavy atom. The molecule has 0 saturated heterocycles. The van der Waals surface area contributed by atoms with Gasteiger partial charge in [0, 0.05) is 23.8 Å². The van der Waals surface area contributed by atoms with Gasteiger partial charge in [-0.05, 0) is 24.3 Å². The van der Waals surface area contributed by atoms with E-state index in [1.165, 1.54) is 19.2 Å². The molecule has 1 heterocycles. The molecule has 7 heteroatoms. The molecule has 0 radical (unpaired) electrons. The van der Waals surface area contributed by atoms with Crippen molar-refractivity contribution >= 4 is 15.8 Å². The number of rotatable bonds is 6. The number of aromatic nitrogens is 1. The van der Waals surface area contributed by atoms with Crippen molar-refractivity contribution in [3.8, 4) is 22.6 Å². The first kappa shape index (κ1) is 18.8. The van der Waals surface area contributed by atoms with Crippen molar-refractivity contribution in [2.24, 2.45) is 0 Å². The Kier molecular flexibility index (Phi) is 5.41. The summed E-state index contributed by atoms with van der Waals surface area (Å²) >= 11 is 0. The lowest BCUT2D eigenvalue weighted by Crippen LogP contribution is -2.01. The monoisotopic (exact) mass is 385 g/mol. The number of methoxy groups -OCH3 is 1. The van der Waals surface area contributed by atoms with Gasteiger partial charge in [0.2, 0.25) is 0 Å². The summed E-state index contributed by atoms with van der Waals surface area (Å²) in [5.74, 6) is 0.607. The van der Waals surface area contributed by atoms with Crippen LogP contribution in [0.1, 0.15) is 12.3 Å². The number of esters is 1. The third-order valence-corrected chi connectivity index (χ3v) is 5.16. The van der Waals surface area contributed by atoms with Gasteiger partial charge in [0.25, 0.3) is 0 Å². The Bertz CT molecular complexity index is 1040. The molecule has 1 aromatic heterocycles. The smallest absolute Gasteiger partial charge is 0.306 e. The molecule has 2 aromatic carbocycles. The van der Waals surface area contributed by atoms with E-state index in [0.29, 0.717) is 29.3 Å². The number of hydrogen-bond donors (Lipinski definition) is 0. The van der Waals surface area contributed by atoms with Crippen LogP contribution in [0.2, 0.25) is 0 Å². The zero-order chi connectivity index (χ0) is 19.4. The maximum Gasteiger partial charge on any atom is 0.306 e. The van der Waals surface area contributed by atoms with Crippen LogP contribution in [0.4, 0.5) is 0 Å². The first-order valence-corrected chi connectivity index (χ1v) is 10.2. The molecule has 0 bridgehead atoms. The molecule has 0 fully saturated rings. The van der Waals surface area contributed by atoms with Gasteiger partial charge in [-0.2, -0.15) is 0 Å². The number of aryl methyl sites for hydroxylation is 1. The third-order valence-electron chi connectivity index (χ3n) is 4.03. The van der Waals surface area contributed by atoms with E-state index in [-0.39, 0.29) is 17.3 Å². The lowest BCUT2D eigenvalue weighted by atomic mass is 10.1. The summed E-state index contributed by atoms with van der Waals surface area (Å²) in [6.45, 7) is 0. The molecule has 0 amide bonds. The Labute approximate surface area is 157 Å². The van der Waals surface area contributed by atoms with Crippen LogP contribution < -0.4 is 0 Å². The van der Waals surface area contributed by atoms with Crippen LogP contribution >= 0.6 is 0 Å². The molecule has 3 aromatic rings. The normalized spacial score (nSPS) is 11.3. The van der Waals surface area contributed by atoms with Gasteiger partial charge in [0.1, 0.15) is 5.69 Å². The number of nitrogens with zero attached hydrogens (tertiary/aromatic N) is 1. The van der Waals surface area contributed by atoms with Gasteiger partial charge in [-0.3, -0.25) is 4.79 Å². The molecule has 3 rings (SSSR count). The van der Waals surface area contributed by atoms with Crippen LogP contribution in [0.5, 0.6) is 0 Å². The highest BCUT2D eigenvalue weighted by molar-refractivity contribution is 7.90. The van der Waals surface area contributed by atoms with Gasteiger partial charge in [-0.1, -0.05) is 30.3 Å². The number of sulfone groups is 1. The van der Waals surface area contributed by atoms with Crippen LogP contribution in [0.25, 0.3) is 22.6 Å². The molecule has 27 heavy (non-hydrogen) atoms. The summed E-state index contributed by atoms with van der Waals surface area (Å²) < 4.78 is 33.9. The van der Waals surface area contributed by atoms with Crippen molar-refractivity contribution in [1.82, 2.24) is 4.98 Å². The minimum Gasteiger partial charge on any atom is -0.469 e. The Morgan fingerprint density at radius 3 is 2.30 bits per heavy atom. The Balaban J connectivity index is 2.02. The quantitative estimate of drug-likeness (QED) is 0.604. The molecule has 0 N–H and O–H groups in total. The molecule has 0 spiro atoms. The molecule has 0 atom stereocenters. The summed E-state index contributed by atoms with van der Waals surface area (Å²) in [5, 5.41) is 0. The fourth-order valence-corrected chi connectivity index (χ4v) is 3.25. The largest absolute Gasteiger partial charge is 0.469 e. The van der Waals surface area contributed by atoms with Crippen LogP contribution in [0, 0.1) is 0 Å². The zero-order valence-corrected chi connectivity index (χ0v) is 15.8. The first-order chi connectivity index (χ1) is 12.9. The Hall–Kier alpha value is -2.93. The van der Waals surface area contributed by atoms with E-state index in [4.69, 9.17) is 4.42 Å². The van der Waals surface area contributed by atoms with E-state index in [2.05, 4.69) is 9.72 Å². The number of benzene rings is 2. The minimum atomic E-state index is -3.28. The maximum atomic E-state index is 11.7. The van der Waals surface area contributed by atoms with Crippen molar-refractivity contribution in [1.29, 1.82) is 0 Å². The molecule has 0 aliphatic carbocycles. The number of ether oxygens (including phenoxy) is 1. The lowest BCUT2D eigenvalue weighted by Gasteiger charge is -2.03. The minimum absolute atomic E-state index is 0.164. The predicted molar refractivity (Wildman–Crippen MR) is 101 cm³/mol. The van der Waals surface area contributed by atoms with Gasteiger partial charge >= 0.3 is 5.97 Å². The van der Waals surface area contributed by atoms with Crippen LogP contribution in [-0.4, -0.2) is 32.7 Å². The summed E-state index contributed by atoms with van der Waals surface area (Å²) in [4.78, 5) is 16.2. The summed E-state index contributed by atoms with van der Waals surface area (Å²) in [6, 6.07) is 16.0. The second-order valence-corrected chi connectivity index (χ2v) is 8.04. The highest BCUT2D eigenvalue weighted by Crippen LogP contribution is 2.33. The zero-order valence-electron chi connectivity index (χ0n) is 15.0. The topological polar surface area (TPSA) is 86.5 Å². The fourth-order valence-electron chi connectivity index (χ4n) is 2.62. The van der Waals surface area contributed by atoms with Crippen molar-refractivity contribution in [3.63, 3.8) is 0 Å². The van der Waals surface area contributed by atoms with E-state index in [1.54, 1.807) is 12.1 Å². The lowest BCUT2D eigenvalue weighted by molar-refractivity contribution is -0.140. The van der Waals surface area contributed by atoms with Gasteiger partial charge in [-0.25, -0.2) is 13.4 Å². The standard InChI is InChI=1S/C20H19NO5S/c1-25-18(22)13-12-17-21-19(14-6-4-3-5-7-14)20(26-17)15-8-10-16(11-9-15)27(2,23)24/h3-11H,12-13H2,1-2H3. The summed E-state index contributed by atoms with van der Waals surface area (Å²) in [7, 11) is -1.94. The van der Waals surface area contributed by atoms with E-state index < -0.39 is 9.84 Å². The second kappa shape index (κ2) is 7.75. The number of hydrogen-bond acceptors (Lipinski definition) is 6. The molecule has 0 unspecified atom stereocenters. The molecule has 6 nitrogen and oxygen atoms in total. The SMILES string of the molecule is COC(=O)CCc1nc(-c2ccccc2)c(-c2ccc(S(C)(=O)=O)cc2)o1. The van der Waals surface area contributed by atoms with Crippen molar-refractivity contribution < 1.29 is 22.4 Å². The highest BCUT2D eigenvalue weighted by Gasteiger charge is 2.18. The predicted octanol–water partition coefficient (Wildman–Crippen LogP) is 3.52. The Morgan fingerprint density at radius 1 is 1.04 bits per heavy atom. The van der Waals surface area contributed by atoms with Crippen LogP contribution in [0.15, 0.2) is 63.9 Å². The highest BCUT2D eigenvalue weighted by atomic mass is 32.2. The average Bonchev–Trinajstić information content (AvgIpc) is 3.10. The molecular weight excluding hydrogens is 366 g/mol. The fraction of sp³-hybridized carbons (Fsp3) is 0.200. The number of carbonyl (C=O) groups excluding carboxylic acids is 1. The number of carbonyl (C=O) groups is 1. The van der Waals surface area contributed by atoms with Crippen molar-refractivity contribution in [3.05, 3.63) is 60.5 Å². The van der Waals surface area contributed by atoms with E-state index in [9.17, 15) is 13.2 Å². The van der Waals surface area contributed by atoms with Crippen LogP contribution in [0.3, 0.4) is 0 Å². The van der Waals surface area contributed by atoms with Crippen molar-refractivity contribution in [2.45, 2.75) is 17.7 Å². The van der Waals surface area contributed by atoms with Gasteiger partial charge in [0.05, 0.1) is 18.4 Å². The van der Waals surface area contributed by atoms with Crippen LogP contribution in [-0.2, 0) is 25.8 Å². The van der Waals surface area contributed by atoms with Gasteiger partial charge in [0.15, 0.2) is 21.5 Å². The molecule has 0 aliphatic heterocycles. The molecular formula is C20H19NO5S. The summed E-state index contributed by atoms with van der Waals surface area (Å²) in [5.41, 5.74) is 2.22. The van der Waals surface area contributed by atoms with E-state index in [0.717, 1.165) is 11.8 Å². The average molecular weight is 385 g/mol.